The monoisotopic (exact) mass is 433 g/mol. The van der Waals surface area contributed by atoms with Crippen LogP contribution < -0.4 is 0 Å². The van der Waals surface area contributed by atoms with Gasteiger partial charge in [0.15, 0.2) is 0 Å². The first kappa shape index (κ1) is 23.9. The van der Waals surface area contributed by atoms with E-state index in [1.54, 1.807) is 0 Å². The van der Waals surface area contributed by atoms with Gasteiger partial charge in [-0.25, -0.2) is 4.79 Å². The Balaban J connectivity index is 2.16. The highest BCUT2D eigenvalue weighted by atomic mass is 35.5. The molecule has 1 aromatic carbocycles. The largest absolute Gasteiger partial charge is 0.467 e. The van der Waals surface area contributed by atoms with Crippen molar-refractivity contribution in [1.82, 2.24) is 0 Å². The van der Waals surface area contributed by atoms with Crippen molar-refractivity contribution in [1.29, 1.82) is 0 Å². The van der Waals surface area contributed by atoms with Gasteiger partial charge in [0.25, 0.3) is 0 Å². The molecule has 1 aromatic rings. The van der Waals surface area contributed by atoms with E-state index in [9.17, 15) is 4.79 Å². The van der Waals surface area contributed by atoms with E-state index in [4.69, 9.17) is 40.3 Å². The van der Waals surface area contributed by atoms with Crippen LogP contribution in [0.25, 0.3) is 10.4 Å². The predicted octanol–water partition coefficient (Wildman–Crippen LogP) is 7.55. The van der Waals surface area contributed by atoms with E-state index < -0.39 is 10.3 Å². The summed E-state index contributed by atoms with van der Waals surface area (Å²) in [4.78, 5) is 14.3. The van der Waals surface area contributed by atoms with Crippen molar-refractivity contribution < 1.29 is 9.53 Å². The van der Waals surface area contributed by atoms with Crippen molar-refractivity contribution >= 4 is 40.8 Å². The molecular formula is C19H26Cl3N3O2. The number of rotatable bonds is 13. The summed E-state index contributed by atoms with van der Waals surface area (Å²) in [7, 11) is 1.28. The first-order chi connectivity index (χ1) is 12.9. The summed E-state index contributed by atoms with van der Waals surface area (Å²) in [5.74, 6) is -0.596. The molecule has 0 radical (unpaired) electrons. The molecule has 0 aliphatic carbocycles. The number of alkyl halides is 2. The second-order valence-electron chi connectivity index (χ2n) is 6.48. The molecule has 0 spiro atoms. The number of hydrogen-bond donors (Lipinski definition) is 0. The molecule has 0 saturated carbocycles. The number of ether oxygens (including phenoxy) is 1. The van der Waals surface area contributed by atoms with Crippen LogP contribution in [0.1, 0.15) is 69.4 Å². The Kier molecular flexibility index (Phi) is 11.6. The van der Waals surface area contributed by atoms with E-state index in [2.05, 4.69) is 14.8 Å². The van der Waals surface area contributed by atoms with Crippen LogP contribution in [-0.4, -0.2) is 17.4 Å². The minimum absolute atomic E-state index is 0.147. The summed E-state index contributed by atoms with van der Waals surface area (Å²) in [5.41, 5.74) is 9.76. The van der Waals surface area contributed by atoms with Gasteiger partial charge >= 0.3 is 5.97 Å². The first-order valence-electron chi connectivity index (χ1n) is 9.16. The van der Waals surface area contributed by atoms with E-state index in [-0.39, 0.29) is 6.04 Å². The van der Waals surface area contributed by atoms with E-state index in [1.807, 2.05) is 24.3 Å². The third-order valence-corrected chi connectivity index (χ3v) is 5.34. The maximum atomic E-state index is 11.4. The number of esters is 1. The summed E-state index contributed by atoms with van der Waals surface area (Å²) < 4.78 is 3.13. The second-order valence-corrected chi connectivity index (χ2v) is 8.40. The predicted molar refractivity (Wildman–Crippen MR) is 111 cm³/mol. The molecule has 0 heterocycles. The van der Waals surface area contributed by atoms with E-state index in [0.29, 0.717) is 11.4 Å². The zero-order valence-electron chi connectivity index (χ0n) is 15.5. The van der Waals surface area contributed by atoms with Crippen LogP contribution >= 0.6 is 34.8 Å². The molecule has 0 bridgehead atoms. The maximum absolute atomic E-state index is 11.4. The highest BCUT2D eigenvalue weighted by Crippen LogP contribution is 2.30. The van der Waals surface area contributed by atoms with Gasteiger partial charge in [-0.2, -0.15) is 0 Å². The number of azide groups is 1. The van der Waals surface area contributed by atoms with Crippen molar-refractivity contribution in [3.05, 3.63) is 45.3 Å². The quantitative estimate of drug-likeness (QED) is 0.0802. The van der Waals surface area contributed by atoms with Gasteiger partial charge in [-0.05, 0) is 42.5 Å². The second kappa shape index (κ2) is 13.1. The first-order valence-corrected chi connectivity index (χ1v) is 10.3. The molecule has 150 valence electrons. The number of carbonyl (C=O) groups is 1. The van der Waals surface area contributed by atoms with Gasteiger partial charge in [0, 0.05) is 9.93 Å². The van der Waals surface area contributed by atoms with Crippen LogP contribution in [0.4, 0.5) is 0 Å². The van der Waals surface area contributed by atoms with E-state index >= 15 is 0 Å². The molecule has 0 N–H and O–H groups in total. The number of carbonyl (C=O) groups excluding carboxylic acids is 1. The van der Waals surface area contributed by atoms with Crippen LogP contribution in [0.3, 0.4) is 0 Å². The summed E-state index contributed by atoms with van der Waals surface area (Å²) in [6, 6.07) is 7.29. The molecule has 0 aliphatic heterocycles. The zero-order valence-corrected chi connectivity index (χ0v) is 17.8. The lowest BCUT2D eigenvalue weighted by molar-refractivity contribution is -0.141. The zero-order chi connectivity index (χ0) is 20.1. The molecule has 1 rings (SSSR count). The van der Waals surface area contributed by atoms with Crippen LogP contribution in [0.2, 0.25) is 5.02 Å². The van der Waals surface area contributed by atoms with Crippen LogP contribution in [-0.2, 0) is 9.53 Å². The summed E-state index contributed by atoms with van der Waals surface area (Å²) in [5, 5.41) is 4.57. The number of nitrogens with zero attached hydrogens (tertiary/aromatic N) is 3. The molecule has 1 atom stereocenters. The Morgan fingerprint density at radius 3 is 2.22 bits per heavy atom. The molecule has 0 saturated heterocycles. The fourth-order valence-electron chi connectivity index (χ4n) is 2.86. The van der Waals surface area contributed by atoms with Crippen molar-refractivity contribution in [2.75, 3.05) is 7.11 Å². The van der Waals surface area contributed by atoms with E-state index in [1.165, 1.54) is 7.11 Å². The molecular weight excluding hydrogens is 409 g/mol. The molecule has 0 aliphatic rings. The average molecular weight is 435 g/mol. The van der Waals surface area contributed by atoms with Crippen molar-refractivity contribution in [3.8, 4) is 0 Å². The summed E-state index contributed by atoms with van der Waals surface area (Å²) >= 11 is 17.8. The molecule has 27 heavy (non-hydrogen) atoms. The minimum Gasteiger partial charge on any atom is -0.467 e. The lowest BCUT2D eigenvalue weighted by Crippen LogP contribution is -2.27. The lowest BCUT2D eigenvalue weighted by atomic mass is 10.00. The van der Waals surface area contributed by atoms with Crippen molar-refractivity contribution in [2.45, 2.75) is 68.2 Å². The van der Waals surface area contributed by atoms with Gasteiger partial charge in [0.05, 0.1) is 13.2 Å². The van der Waals surface area contributed by atoms with E-state index in [0.717, 1.165) is 56.9 Å². The van der Waals surface area contributed by atoms with Gasteiger partial charge < -0.3 is 4.74 Å². The highest BCUT2D eigenvalue weighted by Gasteiger charge is 2.33. The number of benzene rings is 1. The molecule has 0 amide bonds. The topological polar surface area (TPSA) is 75.1 Å². The Morgan fingerprint density at radius 2 is 1.67 bits per heavy atom. The van der Waals surface area contributed by atoms with Gasteiger partial charge in [-0.3, -0.25) is 0 Å². The number of methoxy groups -OCH3 is 1. The third kappa shape index (κ3) is 9.57. The lowest BCUT2D eigenvalue weighted by Gasteiger charge is -2.16. The minimum atomic E-state index is -1.44. The van der Waals surface area contributed by atoms with Crippen molar-refractivity contribution in [3.63, 3.8) is 0 Å². The van der Waals surface area contributed by atoms with Crippen molar-refractivity contribution in [2.24, 2.45) is 5.11 Å². The molecule has 8 heteroatoms. The third-order valence-electron chi connectivity index (χ3n) is 4.40. The molecule has 0 aromatic heterocycles. The number of hydrogen-bond acceptors (Lipinski definition) is 3. The average Bonchev–Trinajstić information content (AvgIpc) is 2.65. The maximum Gasteiger partial charge on any atom is 0.342 e. The Labute approximate surface area is 175 Å². The normalized spacial score (nSPS) is 12.3. The standard InChI is InChI=1S/C19H26Cl3N3O2/c1-27-18(26)19(21,22)14-8-6-4-2-3-5-7-9-17(24-25-23)15-10-12-16(20)13-11-15/h10-13,17H,2-9,14H2,1H3. The Morgan fingerprint density at radius 1 is 1.11 bits per heavy atom. The Hall–Kier alpha value is -1.13. The van der Waals surface area contributed by atoms with Crippen LogP contribution in [0.5, 0.6) is 0 Å². The highest BCUT2D eigenvalue weighted by molar-refractivity contribution is 6.57. The van der Waals surface area contributed by atoms with Gasteiger partial charge in [0.1, 0.15) is 0 Å². The number of unbranched alkanes of at least 4 members (excludes halogenated alkanes) is 6. The fourth-order valence-corrected chi connectivity index (χ4v) is 3.41. The van der Waals surface area contributed by atoms with Gasteiger partial charge in [-0.1, -0.05) is 90.6 Å². The summed E-state index contributed by atoms with van der Waals surface area (Å²) in [6.45, 7) is 0. The van der Waals surface area contributed by atoms with Gasteiger partial charge in [0.2, 0.25) is 4.33 Å². The SMILES string of the molecule is COC(=O)C(Cl)(Cl)CCCCCCCCCC(N=[N+]=[N-])c1ccc(Cl)cc1. The Bertz CT molecular complexity index is 617. The number of halogens is 3. The molecule has 5 nitrogen and oxygen atoms in total. The summed E-state index contributed by atoms with van der Waals surface area (Å²) in [6.07, 6.45) is 8.38. The molecule has 1 unspecified atom stereocenters. The van der Waals surface area contributed by atoms with Gasteiger partial charge in [-0.15, -0.1) is 0 Å². The molecule has 0 fully saturated rings. The van der Waals surface area contributed by atoms with Crippen LogP contribution in [0, 0.1) is 0 Å². The smallest absolute Gasteiger partial charge is 0.342 e. The fraction of sp³-hybridized carbons (Fsp3) is 0.632. The van der Waals surface area contributed by atoms with Crippen LogP contribution in [0.15, 0.2) is 29.4 Å².